The Morgan fingerprint density at radius 3 is 2.08 bits per heavy atom. The van der Waals surface area contributed by atoms with Crippen molar-refractivity contribution in [3.05, 3.63) is 92.5 Å². The Morgan fingerprint density at radius 2 is 1.46 bits per heavy atom. The maximum atomic E-state index is 13.2. The van der Waals surface area contributed by atoms with Crippen molar-refractivity contribution in [2.24, 2.45) is 0 Å². The third kappa shape index (κ3) is 6.34. The van der Waals surface area contributed by atoms with E-state index in [2.05, 4.69) is 5.32 Å². The van der Waals surface area contributed by atoms with E-state index in [0.29, 0.717) is 28.8 Å². The van der Waals surface area contributed by atoms with E-state index in [1.165, 1.54) is 18.2 Å². The number of hydrogen-bond acceptors (Lipinski definition) is 3. The molecule has 0 aromatic heterocycles. The molecule has 3 aromatic carbocycles. The summed E-state index contributed by atoms with van der Waals surface area (Å²) in [6.45, 7) is -0.354. The standard InChI is InChI=1S/C25H18Cl2F6N2O3S/c26-19-8-6-17(25(31,32)33)12-21(19)39(37,38)35-10-9-18-15(13-35)3-7-20(27)23(18)34-22(36)11-14-1-4-16(5-2-14)24(28,29)30/h1-8,12H,9-11,13H2,(H,34,36). The fraction of sp³-hybridized carbons (Fsp3) is 0.240. The van der Waals surface area contributed by atoms with Crippen LogP contribution in [0.25, 0.3) is 0 Å². The number of carbonyl (C=O) groups is 1. The molecule has 1 aliphatic heterocycles. The minimum Gasteiger partial charge on any atom is -0.324 e. The van der Waals surface area contributed by atoms with Crippen LogP contribution in [0.3, 0.4) is 0 Å². The summed E-state index contributed by atoms with van der Waals surface area (Å²) in [6, 6.07) is 9.13. The van der Waals surface area contributed by atoms with Crippen LogP contribution < -0.4 is 5.32 Å². The molecule has 0 atom stereocenters. The second kappa shape index (κ2) is 10.6. The maximum Gasteiger partial charge on any atom is 0.416 e. The van der Waals surface area contributed by atoms with Crippen LogP contribution in [0.15, 0.2) is 59.5 Å². The van der Waals surface area contributed by atoms with Crippen molar-refractivity contribution in [3.8, 4) is 0 Å². The van der Waals surface area contributed by atoms with Gasteiger partial charge in [0.25, 0.3) is 0 Å². The highest BCUT2D eigenvalue weighted by molar-refractivity contribution is 7.89. The number of fused-ring (bicyclic) bond motifs is 1. The lowest BCUT2D eigenvalue weighted by molar-refractivity contribution is -0.138. The van der Waals surface area contributed by atoms with E-state index in [0.717, 1.165) is 22.5 Å². The van der Waals surface area contributed by atoms with Gasteiger partial charge in [-0.05, 0) is 59.5 Å². The number of nitrogens with one attached hydrogen (secondary N) is 1. The minimum atomic E-state index is -4.77. The van der Waals surface area contributed by atoms with Gasteiger partial charge in [-0.1, -0.05) is 41.4 Å². The lowest BCUT2D eigenvalue weighted by atomic mass is 9.98. The molecule has 0 radical (unpaired) electrons. The molecule has 14 heteroatoms. The fourth-order valence-electron chi connectivity index (χ4n) is 4.14. The van der Waals surface area contributed by atoms with Crippen molar-refractivity contribution in [3.63, 3.8) is 0 Å². The molecule has 0 spiro atoms. The number of amides is 1. The predicted octanol–water partition coefficient (Wildman–Crippen LogP) is 6.96. The first-order valence-electron chi connectivity index (χ1n) is 11.2. The summed E-state index contributed by atoms with van der Waals surface area (Å²) in [5.41, 5.74) is -0.464. The molecule has 5 nitrogen and oxygen atoms in total. The van der Waals surface area contributed by atoms with Crippen LogP contribution in [0.1, 0.15) is 27.8 Å². The Labute approximate surface area is 229 Å². The number of alkyl halides is 6. The molecule has 0 saturated heterocycles. The number of rotatable bonds is 5. The highest BCUT2D eigenvalue weighted by Crippen LogP contribution is 2.38. The quantitative estimate of drug-likeness (QED) is 0.318. The van der Waals surface area contributed by atoms with Crippen molar-refractivity contribution in [1.29, 1.82) is 0 Å². The first kappa shape index (κ1) is 29.2. The number of nitrogens with zero attached hydrogens (tertiary/aromatic N) is 1. The van der Waals surface area contributed by atoms with Gasteiger partial charge in [-0.15, -0.1) is 0 Å². The second-order valence-corrected chi connectivity index (χ2v) is 11.4. The van der Waals surface area contributed by atoms with Crippen LogP contribution in [-0.2, 0) is 46.6 Å². The second-order valence-electron chi connectivity index (χ2n) is 8.71. The topological polar surface area (TPSA) is 66.5 Å². The number of hydrogen-bond donors (Lipinski definition) is 1. The Morgan fingerprint density at radius 1 is 0.872 bits per heavy atom. The molecule has 208 valence electrons. The first-order valence-corrected chi connectivity index (χ1v) is 13.4. The summed E-state index contributed by atoms with van der Waals surface area (Å²) in [7, 11) is -4.42. The summed E-state index contributed by atoms with van der Waals surface area (Å²) in [5.74, 6) is -0.559. The van der Waals surface area contributed by atoms with Crippen LogP contribution in [0.5, 0.6) is 0 Å². The predicted molar refractivity (Wildman–Crippen MR) is 133 cm³/mol. The molecule has 0 saturated carbocycles. The lowest BCUT2D eigenvalue weighted by Gasteiger charge is -2.30. The summed E-state index contributed by atoms with van der Waals surface area (Å²) in [5, 5.41) is 2.44. The summed E-state index contributed by atoms with van der Waals surface area (Å²) in [4.78, 5) is 12.0. The van der Waals surface area contributed by atoms with Gasteiger partial charge < -0.3 is 5.32 Å². The zero-order valence-electron chi connectivity index (χ0n) is 19.6. The Bertz CT molecular complexity index is 1520. The molecule has 1 heterocycles. The fourth-order valence-corrected chi connectivity index (χ4v) is 6.28. The van der Waals surface area contributed by atoms with E-state index in [1.54, 1.807) is 6.07 Å². The molecule has 3 aromatic rings. The molecule has 0 unspecified atom stereocenters. The summed E-state index contributed by atoms with van der Waals surface area (Å²) in [6.07, 6.45) is -9.45. The van der Waals surface area contributed by atoms with Gasteiger partial charge in [0.15, 0.2) is 0 Å². The lowest BCUT2D eigenvalue weighted by Crippen LogP contribution is -2.36. The summed E-state index contributed by atoms with van der Waals surface area (Å²) >= 11 is 12.2. The molecular weight excluding hydrogens is 593 g/mol. The zero-order valence-corrected chi connectivity index (χ0v) is 22.0. The summed E-state index contributed by atoms with van der Waals surface area (Å²) < 4.78 is 105. The SMILES string of the molecule is O=C(Cc1ccc(C(F)(F)F)cc1)Nc1c(Cl)ccc2c1CCN(S(=O)(=O)c1cc(C(F)(F)F)ccc1Cl)C2. The van der Waals surface area contributed by atoms with Crippen LogP contribution in [-0.4, -0.2) is 25.2 Å². The van der Waals surface area contributed by atoms with Gasteiger partial charge in [-0.25, -0.2) is 8.42 Å². The number of sulfonamides is 1. The van der Waals surface area contributed by atoms with E-state index < -0.39 is 44.3 Å². The first-order chi connectivity index (χ1) is 18.1. The van der Waals surface area contributed by atoms with Gasteiger partial charge in [-0.3, -0.25) is 4.79 Å². The molecule has 1 aliphatic rings. The van der Waals surface area contributed by atoms with E-state index in [9.17, 15) is 39.6 Å². The van der Waals surface area contributed by atoms with E-state index in [1.807, 2.05) is 0 Å². The van der Waals surface area contributed by atoms with Gasteiger partial charge in [0.1, 0.15) is 4.90 Å². The Hall–Kier alpha value is -2.80. The molecule has 4 rings (SSSR count). The van der Waals surface area contributed by atoms with Crippen molar-refractivity contribution in [1.82, 2.24) is 4.31 Å². The maximum absolute atomic E-state index is 13.2. The number of halogens is 8. The smallest absolute Gasteiger partial charge is 0.324 e. The van der Waals surface area contributed by atoms with Crippen molar-refractivity contribution in [2.45, 2.75) is 36.6 Å². The molecule has 0 aliphatic carbocycles. The average Bonchev–Trinajstić information content (AvgIpc) is 2.84. The van der Waals surface area contributed by atoms with Crippen LogP contribution in [0.2, 0.25) is 10.0 Å². The minimum absolute atomic E-state index is 0.0710. The number of benzene rings is 3. The zero-order chi connectivity index (χ0) is 28.8. The van der Waals surface area contributed by atoms with E-state index in [4.69, 9.17) is 23.2 Å². The van der Waals surface area contributed by atoms with E-state index in [-0.39, 0.29) is 41.7 Å². The van der Waals surface area contributed by atoms with Crippen molar-refractivity contribution in [2.75, 3.05) is 11.9 Å². The van der Waals surface area contributed by atoms with Gasteiger partial charge >= 0.3 is 12.4 Å². The molecule has 0 fully saturated rings. The van der Waals surface area contributed by atoms with Crippen LogP contribution in [0.4, 0.5) is 32.0 Å². The molecule has 1 amide bonds. The van der Waals surface area contributed by atoms with Crippen LogP contribution >= 0.6 is 23.2 Å². The van der Waals surface area contributed by atoms with Gasteiger partial charge in [0.05, 0.1) is 33.3 Å². The Balaban J connectivity index is 1.55. The average molecular weight is 611 g/mol. The normalized spacial score (nSPS) is 14.7. The third-order valence-electron chi connectivity index (χ3n) is 6.10. The van der Waals surface area contributed by atoms with E-state index >= 15 is 0 Å². The van der Waals surface area contributed by atoms with Crippen molar-refractivity contribution >= 4 is 44.8 Å². The molecule has 0 bridgehead atoms. The Kier molecular flexibility index (Phi) is 7.96. The van der Waals surface area contributed by atoms with Gasteiger partial charge in [-0.2, -0.15) is 30.6 Å². The monoisotopic (exact) mass is 610 g/mol. The highest BCUT2D eigenvalue weighted by Gasteiger charge is 2.36. The largest absolute Gasteiger partial charge is 0.416 e. The number of anilines is 1. The molecule has 39 heavy (non-hydrogen) atoms. The molecular formula is C25H18Cl2F6N2O3S. The van der Waals surface area contributed by atoms with Gasteiger partial charge in [0, 0.05) is 13.1 Å². The van der Waals surface area contributed by atoms with Crippen molar-refractivity contribution < 1.29 is 39.6 Å². The number of carbonyl (C=O) groups excluding carboxylic acids is 1. The third-order valence-corrected chi connectivity index (χ3v) is 8.75. The van der Waals surface area contributed by atoms with Crippen LogP contribution in [0, 0.1) is 0 Å². The molecule has 1 N–H and O–H groups in total. The highest BCUT2D eigenvalue weighted by atomic mass is 35.5. The van der Waals surface area contributed by atoms with Gasteiger partial charge in [0.2, 0.25) is 15.9 Å².